The zero-order chi connectivity index (χ0) is 37.7. The number of nitrogens with two attached hydrogens (primary N) is 1. The highest BCUT2D eigenvalue weighted by molar-refractivity contribution is 7.47. The second-order valence-corrected chi connectivity index (χ2v) is 14.7. The standard InChI is InChI=1S/C41H74NO8P/c1-3-5-7-9-11-13-15-17-18-19-20-22-24-26-28-30-32-34-40(45)49-39(37-43)41(50-51(46,47)48-36-35-42)38(44)33-31-29-27-25-23-21-16-14-12-10-8-6-4-2/h11,13,17-18,20,22,26,28,39,41,43H,3-10,12,14-16,19,21,23-25,27,29-37,42H2,1-2H3,(H,46,47)/b13-11-,18-17-,22-20-,28-26-/t39-,41?/m0/s1. The summed E-state index contributed by atoms with van der Waals surface area (Å²) in [6.45, 7) is 3.43. The summed E-state index contributed by atoms with van der Waals surface area (Å²) >= 11 is 0. The van der Waals surface area contributed by atoms with E-state index < -0.39 is 38.4 Å². The van der Waals surface area contributed by atoms with Gasteiger partial charge in [-0.2, -0.15) is 0 Å². The summed E-state index contributed by atoms with van der Waals surface area (Å²) in [5.74, 6) is -1.14. The first-order valence-electron chi connectivity index (χ1n) is 20.1. The van der Waals surface area contributed by atoms with Gasteiger partial charge in [0, 0.05) is 19.4 Å². The second kappa shape index (κ2) is 36.5. The largest absolute Gasteiger partial charge is 0.473 e. The number of unbranched alkanes of at least 4 members (excludes halogenated alkanes) is 16. The molecule has 0 aliphatic carbocycles. The molecule has 0 bridgehead atoms. The van der Waals surface area contributed by atoms with Crippen LogP contribution in [0.1, 0.15) is 168 Å². The summed E-state index contributed by atoms with van der Waals surface area (Å²) in [5, 5.41) is 10.0. The number of allylic oxidation sites excluding steroid dienone is 8. The van der Waals surface area contributed by atoms with Crippen LogP contribution in [-0.2, 0) is 27.9 Å². The van der Waals surface area contributed by atoms with Crippen LogP contribution in [0.5, 0.6) is 0 Å². The summed E-state index contributed by atoms with van der Waals surface area (Å²) in [7, 11) is -4.68. The Bertz CT molecular complexity index is 996. The normalized spacial score (nSPS) is 14.6. The van der Waals surface area contributed by atoms with Crippen LogP contribution >= 0.6 is 7.82 Å². The molecular weight excluding hydrogens is 665 g/mol. The Morgan fingerprint density at radius 3 is 1.59 bits per heavy atom. The number of aliphatic hydroxyl groups excluding tert-OH is 1. The fourth-order valence-electron chi connectivity index (χ4n) is 5.48. The Morgan fingerprint density at radius 2 is 1.10 bits per heavy atom. The van der Waals surface area contributed by atoms with Crippen molar-refractivity contribution < 1.29 is 37.9 Å². The molecule has 0 radical (unpaired) electrons. The molecule has 0 fully saturated rings. The van der Waals surface area contributed by atoms with Gasteiger partial charge in [-0.3, -0.25) is 18.6 Å². The molecule has 4 N–H and O–H groups in total. The van der Waals surface area contributed by atoms with Gasteiger partial charge in [-0.1, -0.05) is 152 Å². The maximum absolute atomic E-state index is 13.1. The average Bonchev–Trinajstić information content (AvgIpc) is 3.12. The van der Waals surface area contributed by atoms with Crippen LogP contribution in [0.3, 0.4) is 0 Å². The monoisotopic (exact) mass is 740 g/mol. The van der Waals surface area contributed by atoms with Gasteiger partial charge >= 0.3 is 13.8 Å². The van der Waals surface area contributed by atoms with Gasteiger partial charge < -0.3 is 20.5 Å². The Morgan fingerprint density at radius 1 is 0.647 bits per heavy atom. The van der Waals surface area contributed by atoms with Crippen LogP contribution in [0.15, 0.2) is 48.6 Å². The van der Waals surface area contributed by atoms with Gasteiger partial charge in [-0.05, 0) is 51.4 Å². The number of rotatable bonds is 37. The maximum atomic E-state index is 13.1. The number of Topliss-reactive ketones (excluding diaryl/α,β-unsaturated/α-hetero) is 1. The molecule has 0 saturated carbocycles. The fraction of sp³-hybridized carbons (Fsp3) is 0.756. The number of hydrogen-bond acceptors (Lipinski definition) is 8. The van der Waals surface area contributed by atoms with E-state index in [4.69, 9.17) is 19.5 Å². The van der Waals surface area contributed by atoms with Gasteiger partial charge in [0.2, 0.25) is 0 Å². The van der Waals surface area contributed by atoms with Crippen LogP contribution in [0, 0.1) is 0 Å². The Balaban J connectivity index is 4.55. The molecule has 9 nitrogen and oxygen atoms in total. The number of carbonyl (C=O) groups is 2. The molecule has 0 heterocycles. The van der Waals surface area contributed by atoms with Crippen molar-refractivity contribution in [2.24, 2.45) is 5.73 Å². The third kappa shape index (κ3) is 32.5. The number of phosphoric ester groups is 1. The molecule has 0 spiro atoms. The molecule has 2 unspecified atom stereocenters. The smallest absolute Gasteiger partial charge is 0.457 e. The van der Waals surface area contributed by atoms with Crippen LogP contribution in [0.2, 0.25) is 0 Å². The van der Waals surface area contributed by atoms with Crippen LogP contribution in [-0.4, -0.2) is 53.7 Å². The Hall–Kier alpha value is -1.87. The zero-order valence-corrected chi connectivity index (χ0v) is 33.1. The summed E-state index contributed by atoms with van der Waals surface area (Å²) < 4.78 is 27.9. The lowest BCUT2D eigenvalue weighted by Gasteiger charge is -2.26. The highest BCUT2D eigenvalue weighted by Crippen LogP contribution is 2.45. The van der Waals surface area contributed by atoms with E-state index in [2.05, 4.69) is 50.3 Å². The molecule has 0 aromatic carbocycles. The van der Waals surface area contributed by atoms with Crippen LogP contribution in [0.25, 0.3) is 0 Å². The molecule has 0 aromatic rings. The molecule has 296 valence electrons. The highest BCUT2D eigenvalue weighted by atomic mass is 31.2. The number of carbonyl (C=O) groups excluding carboxylic acids is 2. The molecule has 10 heteroatoms. The van der Waals surface area contributed by atoms with E-state index in [1.807, 2.05) is 12.2 Å². The molecule has 0 saturated heterocycles. The lowest BCUT2D eigenvalue weighted by Crippen LogP contribution is -2.41. The van der Waals surface area contributed by atoms with E-state index in [0.29, 0.717) is 19.3 Å². The van der Waals surface area contributed by atoms with Crippen molar-refractivity contribution in [1.29, 1.82) is 0 Å². The first-order chi connectivity index (χ1) is 24.8. The molecule has 0 rings (SSSR count). The van der Waals surface area contributed by atoms with Crippen molar-refractivity contribution in [2.75, 3.05) is 19.8 Å². The van der Waals surface area contributed by atoms with Gasteiger partial charge in [0.25, 0.3) is 0 Å². The van der Waals surface area contributed by atoms with E-state index in [-0.39, 0.29) is 26.0 Å². The number of ether oxygens (including phenoxy) is 1. The molecular formula is C41H74NO8P. The van der Waals surface area contributed by atoms with E-state index in [1.54, 1.807) is 0 Å². The zero-order valence-electron chi connectivity index (χ0n) is 32.2. The fourth-order valence-corrected chi connectivity index (χ4v) is 6.42. The number of esters is 1. The van der Waals surface area contributed by atoms with Gasteiger partial charge in [0.15, 0.2) is 18.0 Å². The van der Waals surface area contributed by atoms with Crippen molar-refractivity contribution >= 4 is 19.6 Å². The van der Waals surface area contributed by atoms with Crippen molar-refractivity contribution in [3.05, 3.63) is 48.6 Å². The molecule has 0 aliphatic rings. The maximum Gasteiger partial charge on any atom is 0.473 e. The minimum atomic E-state index is -4.68. The molecule has 51 heavy (non-hydrogen) atoms. The lowest BCUT2D eigenvalue weighted by atomic mass is 10.0. The highest BCUT2D eigenvalue weighted by Gasteiger charge is 2.38. The minimum Gasteiger partial charge on any atom is -0.457 e. The first-order valence-corrected chi connectivity index (χ1v) is 21.6. The average molecular weight is 740 g/mol. The Kier molecular flexibility index (Phi) is 35.1. The predicted molar refractivity (Wildman–Crippen MR) is 210 cm³/mol. The van der Waals surface area contributed by atoms with E-state index in [9.17, 15) is 24.2 Å². The van der Waals surface area contributed by atoms with Crippen LogP contribution < -0.4 is 5.73 Å². The predicted octanol–water partition coefficient (Wildman–Crippen LogP) is 10.5. The lowest BCUT2D eigenvalue weighted by molar-refractivity contribution is -0.161. The summed E-state index contributed by atoms with van der Waals surface area (Å²) in [6.07, 6.45) is 38.0. The van der Waals surface area contributed by atoms with Gasteiger partial charge in [0.05, 0.1) is 13.2 Å². The summed E-state index contributed by atoms with van der Waals surface area (Å²) in [5.41, 5.74) is 5.37. The van der Waals surface area contributed by atoms with Crippen molar-refractivity contribution in [2.45, 2.75) is 180 Å². The minimum absolute atomic E-state index is 0.0245. The third-order valence-electron chi connectivity index (χ3n) is 8.47. The number of hydrogen-bond donors (Lipinski definition) is 3. The summed E-state index contributed by atoms with van der Waals surface area (Å²) in [4.78, 5) is 35.9. The SMILES string of the molecule is CCCCC/C=C\C/C=C\C/C=C\C/C=C\CCCC(=O)O[C@@H](CO)C(OP(=O)(O)OCCN)C(=O)CCCCCCCCCCCCCCC. The van der Waals surface area contributed by atoms with Gasteiger partial charge in [-0.15, -0.1) is 0 Å². The van der Waals surface area contributed by atoms with E-state index >= 15 is 0 Å². The molecule has 0 amide bonds. The van der Waals surface area contributed by atoms with Crippen LogP contribution in [0.4, 0.5) is 0 Å². The van der Waals surface area contributed by atoms with E-state index in [1.165, 1.54) is 77.0 Å². The number of ketones is 1. The number of phosphoric acid groups is 1. The second-order valence-electron chi connectivity index (χ2n) is 13.3. The quantitative estimate of drug-likeness (QED) is 0.0245. The summed E-state index contributed by atoms with van der Waals surface area (Å²) in [6, 6.07) is 0. The molecule has 0 aliphatic heterocycles. The van der Waals surface area contributed by atoms with Gasteiger partial charge in [0.1, 0.15) is 0 Å². The van der Waals surface area contributed by atoms with Crippen molar-refractivity contribution in [3.8, 4) is 0 Å². The first kappa shape index (κ1) is 49.1. The van der Waals surface area contributed by atoms with Crippen molar-refractivity contribution in [1.82, 2.24) is 0 Å². The third-order valence-corrected chi connectivity index (χ3v) is 9.48. The Labute approximate surface area is 311 Å². The topological polar surface area (TPSA) is 145 Å². The van der Waals surface area contributed by atoms with E-state index in [0.717, 1.165) is 44.9 Å². The molecule has 0 aromatic heterocycles. The number of aliphatic hydroxyl groups is 1. The van der Waals surface area contributed by atoms with Gasteiger partial charge in [-0.25, -0.2) is 4.57 Å². The van der Waals surface area contributed by atoms with Crippen molar-refractivity contribution in [3.63, 3.8) is 0 Å². The molecule has 3 atom stereocenters.